The molecule has 2 nitrogen and oxygen atoms in total. The number of allylic oxidation sites excluding steroid dienone is 1. The minimum absolute atomic E-state index is 0.242. The van der Waals surface area contributed by atoms with E-state index in [4.69, 9.17) is 0 Å². The van der Waals surface area contributed by atoms with Crippen LogP contribution in [-0.4, -0.2) is 21.2 Å². The molecule has 142 valence electrons. The van der Waals surface area contributed by atoms with Gasteiger partial charge in [-0.15, -0.1) is 0 Å². The maximum absolute atomic E-state index is 10.9. The number of esters is 1. The monoisotopic (exact) mass is 354 g/mol. The summed E-state index contributed by atoms with van der Waals surface area (Å²) in [5.41, 5.74) is 0. The van der Waals surface area contributed by atoms with E-state index in [0.29, 0.717) is 0 Å². The molecule has 0 saturated heterocycles. The van der Waals surface area contributed by atoms with E-state index < -0.39 is 8.07 Å². The van der Waals surface area contributed by atoms with Crippen molar-refractivity contribution in [1.82, 2.24) is 0 Å². The SMILES string of the molecule is CCCC[Si](C)(CCCC)CCCCCCCCC=CC(=O)OC. The molecule has 0 fully saturated rings. The molecular weight excluding hydrogens is 312 g/mol. The Morgan fingerprint density at radius 1 is 0.833 bits per heavy atom. The van der Waals surface area contributed by atoms with Gasteiger partial charge < -0.3 is 4.74 Å². The van der Waals surface area contributed by atoms with Gasteiger partial charge in [0.1, 0.15) is 0 Å². The third-order valence-corrected chi connectivity index (χ3v) is 9.81. The minimum atomic E-state index is -0.945. The van der Waals surface area contributed by atoms with Crippen molar-refractivity contribution in [2.24, 2.45) is 0 Å². The van der Waals surface area contributed by atoms with Gasteiger partial charge in [-0.3, -0.25) is 0 Å². The normalized spacial score (nSPS) is 12.0. The summed E-state index contributed by atoms with van der Waals surface area (Å²) in [6, 6.07) is 4.65. The van der Waals surface area contributed by atoms with Crippen molar-refractivity contribution in [2.45, 2.75) is 109 Å². The first-order valence-corrected chi connectivity index (χ1v) is 13.4. The third-order valence-electron chi connectivity index (χ3n) is 5.12. The van der Waals surface area contributed by atoms with Gasteiger partial charge in [-0.05, 0) is 12.8 Å². The lowest BCUT2D eigenvalue weighted by molar-refractivity contribution is -0.134. The largest absolute Gasteiger partial charge is 0.466 e. The number of carbonyl (C=O) groups excluding carboxylic acids is 1. The van der Waals surface area contributed by atoms with E-state index in [-0.39, 0.29) is 5.97 Å². The summed E-state index contributed by atoms with van der Waals surface area (Å²) in [7, 11) is 0.477. The van der Waals surface area contributed by atoms with Gasteiger partial charge in [0, 0.05) is 6.08 Å². The molecule has 0 unspecified atom stereocenters. The summed E-state index contributed by atoms with van der Waals surface area (Å²) in [4.78, 5) is 10.9. The van der Waals surface area contributed by atoms with E-state index in [1.807, 2.05) is 6.08 Å². The minimum Gasteiger partial charge on any atom is -0.466 e. The molecule has 24 heavy (non-hydrogen) atoms. The summed E-state index contributed by atoms with van der Waals surface area (Å²) in [5.74, 6) is -0.242. The van der Waals surface area contributed by atoms with Crippen molar-refractivity contribution in [3.8, 4) is 0 Å². The zero-order chi connectivity index (χ0) is 18.1. The van der Waals surface area contributed by atoms with Crippen LogP contribution in [0.25, 0.3) is 0 Å². The van der Waals surface area contributed by atoms with Gasteiger partial charge in [0.05, 0.1) is 15.2 Å². The number of ether oxygens (including phenoxy) is 1. The standard InChI is InChI=1S/C21H42O2Si/c1-5-7-18-24(4,19-8-6-2)20-16-14-12-10-9-11-13-15-17-21(22)23-3/h15,17H,5-14,16,18-20H2,1-4H3. The molecule has 0 aromatic rings. The molecule has 0 aromatic carbocycles. The highest BCUT2D eigenvalue weighted by Gasteiger charge is 2.24. The van der Waals surface area contributed by atoms with Crippen LogP contribution in [0.1, 0.15) is 84.5 Å². The fraction of sp³-hybridized carbons (Fsp3) is 0.857. The van der Waals surface area contributed by atoms with E-state index >= 15 is 0 Å². The quantitative estimate of drug-likeness (QED) is 0.128. The van der Waals surface area contributed by atoms with Crippen molar-refractivity contribution in [1.29, 1.82) is 0 Å². The van der Waals surface area contributed by atoms with Crippen LogP contribution in [0.5, 0.6) is 0 Å². The average Bonchev–Trinajstić information content (AvgIpc) is 2.59. The van der Waals surface area contributed by atoms with E-state index in [2.05, 4.69) is 25.1 Å². The molecule has 0 saturated carbocycles. The molecule has 0 aliphatic carbocycles. The molecule has 0 radical (unpaired) electrons. The van der Waals surface area contributed by atoms with Crippen molar-refractivity contribution in [3.05, 3.63) is 12.2 Å². The molecule has 0 rings (SSSR count). The second kappa shape index (κ2) is 15.9. The van der Waals surface area contributed by atoms with Crippen molar-refractivity contribution in [2.75, 3.05) is 7.11 Å². The summed E-state index contributed by atoms with van der Waals surface area (Å²) in [6.45, 7) is 7.32. The Morgan fingerprint density at radius 2 is 1.33 bits per heavy atom. The molecule has 0 aromatic heterocycles. The Balaban J connectivity index is 3.67. The molecule has 0 aliphatic heterocycles. The maximum atomic E-state index is 10.9. The molecule has 0 heterocycles. The number of methoxy groups -OCH3 is 1. The maximum Gasteiger partial charge on any atom is 0.330 e. The van der Waals surface area contributed by atoms with Crippen LogP contribution in [-0.2, 0) is 9.53 Å². The topological polar surface area (TPSA) is 26.3 Å². The Labute approximate surface area is 152 Å². The van der Waals surface area contributed by atoms with E-state index in [0.717, 1.165) is 6.42 Å². The van der Waals surface area contributed by atoms with Crippen molar-refractivity contribution < 1.29 is 9.53 Å². The van der Waals surface area contributed by atoms with Crippen molar-refractivity contribution in [3.63, 3.8) is 0 Å². The van der Waals surface area contributed by atoms with Crippen LogP contribution in [0.15, 0.2) is 12.2 Å². The van der Waals surface area contributed by atoms with Gasteiger partial charge in [0.25, 0.3) is 0 Å². The first-order valence-electron chi connectivity index (χ1n) is 10.3. The van der Waals surface area contributed by atoms with Crippen LogP contribution < -0.4 is 0 Å². The molecule has 0 atom stereocenters. The van der Waals surface area contributed by atoms with Gasteiger partial charge in [0.15, 0.2) is 0 Å². The number of carbonyl (C=O) groups is 1. The summed E-state index contributed by atoms with van der Waals surface area (Å²) >= 11 is 0. The van der Waals surface area contributed by atoms with E-state index in [9.17, 15) is 4.79 Å². The van der Waals surface area contributed by atoms with Crippen LogP contribution in [0.4, 0.5) is 0 Å². The summed E-state index contributed by atoms with van der Waals surface area (Å²) in [5, 5.41) is 0. The van der Waals surface area contributed by atoms with Gasteiger partial charge in [0.2, 0.25) is 0 Å². The molecule has 0 N–H and O–H groups in total. The molecular formula is C21H42O2Si. The number of hydrogen-bond acceptors (Lipinski definition) is 2. The Morgan fingerprint density at radius 3 is 1.88 bits per heavy atom. The first-order chi connectivity index (χ1) is 11.6. The van der Waals surface area contributed by atoms with Gasteiger partial charge in [-0.1, -0.05) is 102 Å². The van der Waals surface area contributed by atoms with E-state index in [1.54, 1.807) is 18.1 Å². The highest BCUT2D eigenvalue weighted by Crippen LogP contribution is 2.28. The molecule has 0 bridgehead atoms. The molecule has 3 heteroatoms. The molecule has 0 amide bonds. The Kier molecular flexibility index (Phi) is 15.5. The Hall–Kier alpha value is -0.573. The van der Waals surface area contributed by atoms with Gasteiger partial charge >= 0.3 is 5.97 Å². The van der Waals surface area contributed by atoms with Gasteiger partial charge in [-0.2, -0.15) is 0 Å². The summed E-state index contributed by atoms with van der Waals surface area (Å²) < 4.78 is 4.58. The predicted octanol–water partition coefficient (Wildman–Crippen LogP) is 7.13. The average molecular weight is 355 g/mol. The first kappa shape index (κ1) is 23.4. The molecule has 0 spiro atoms. The lowest BCUT2D eigenvalue weighted by Gasteiger charge is -2.27. The van der Waals surface area contributed by atoms with Crippen molar-refractivity contribution >= 4 is 14.0 Å². The third kappa shape index (κ3) is 13.8. The predicted molar refractivity (Wildman–Crippen MR) is 109 cm³/mol. The highest BCUT2D eigenvalue weighted by atomic mass is 28.3. The molecule has 0 aliphatic rings. The fourth-order valence-electron chi connectivity index (χ4n) is 3.35. The zero-order valence-electron chi connectivity index (χ0n) is 16.9. The number of hydrogen-bond donors (Lipinski definition) is 0. The van der Waals surface area contributed by atoms with Gasteiger partial charge in [-0.25, -0.2) is 4.79 Å². The summed E-state index contributed by atoms with van der Waals surface area (Å²) in [6.07, 6.45) is 18.2. The lowest BCUT2D eigenvalue weighted by atomic mass is 10.1. The van der Waals surface area contributed by atoms with Crippen LogP contribution in [0, 0.1) is 0 Å². The second-order valence-corrected chi connectivity index (χ2v) is 12.7. The Bertz CT molecular complexity index is 318. The zero-order valence-corrected chi connectivity index (χ0v) is 17.9. The van der Waals surface area contributed by atoms with Crippen LogP contribution in [0.3, 0.4) is 0 Å². The second-order valence-electron chi connectivity index (χ2n) is 7.60. The number of rotatable bonds is 16. The van der Waals surface area contributed by atoms with Crippen LogP contribution >= 0.6 is 0 Å². The fourth-order valence-corrected chi connectivity index (χ4v) is 7.62. The lowest BCUT2D eigenvalue weighted by Crippen LogP contribution is -2.29. The highest BCUT2D eigenvalue weighted by molar-refractivity contribution is 6.78. The smallest absolute Gasteiger partial charge is 0.330 e. The van der Waals surface area contributed by atoms with E-state index in [1.165, 1.54) is 77.4 Å². The number of unbranched alkanes of at least 4 members (excludes halogenated alkanes) is 8. The van der Waals surface area contributed by atoms with Crippen LogP contribution in [0.2, 0.25) is 24.7 Å².